The van der Waals surface area contributed by atoms with Crippen molar-refractivity contribution in [1.29, 1.82) is 0 Å². The molecule has 1 nitrogen and oxygen atoms in total. The monoisotopic (exact) mass is 183 g/mol. The summed E-state index contributed by atoms with van der Waals surface area (Å²) >= 11 is 4.26. The molecule has 1 heterocycles. The number of thiol groups is 1. The van der Waals surface area contributed by atoms with Crippen LogP contribution >= 0.6 is 12.6 Å². The van der Waals surface area contributed by atoms with Crippen LogP contribution in [0.25, 0.3) is 0 Å². The zero-order chi connectivity index (χ0) is 9.56. The molecule has 0 radical (unpaired) electrons. The van der Waals surface area contributed by atoms with E-state index in [1.807, 2.05) is 20.8 Å². The first-order valence-corrected chi connectivity index (χ1v) is 4.83. The first kappa shape index (κ1) is 11.5. The third-order valence-electron chi connectivity index (χ3n) is 1.48. The molecule has 0 aliphatic carbocycles. The highest BCUT2D eigenvalue weighted by Gasteiger charge is 1.95. The summed E-state index contributed by atoms with van der Waals surface area (Å²) in [6, 6.07) is 2.07. The maximum atomic E-state index is 4.26. The van der Waals surface area contributed by atoms with Crippen LogP contribution in [0.1, 0.15) is 32.0 Å². The van der Waals surface area contributed by atoms with Crippen LogP contribution in [0.2, 0.25) is 0 Å². The molecule has 0 spiro atoms. The van der Waals surface area contributed by atoms with Crippen molar-refractivity contribution >= 4 is 12.6 Å². The molecule has 0 fully saturated rings. The molecule has 0 unspecified atom stereocenters. The third kappa shape index (κ3) is 3.26. The average Bonchev–Trinajstić information content (AvgIpc) is 2.13. The second-order valence-electron chi connectivity index (χ2n) is 2.31. The second-order valence-corrected chi connectivity index (χ2v) is 2.79. The molecule has 0 saturated carbocycles. The fourth-order valence-corrected chi connectivity index (χ4v) is 1.17. The van der Waals surface area contributed by atoms with Gasteiger partial charge in [-0.15, -0.1) is 12.6 Å². The molecule has 0 N–H and O–H groups in total. The van der Waals surface area contributed by atoms with Crippen molar-refractivity contribution in [3.05, 3.63) is 23.5 Å². The van der Waals surface area contributed by atoms with Crippen molar-refractivity contribution in [2.24, 2.45) is 0 Å². The molecule has 68 valence electrons. The van der Waals surface area contributed by atoms with Crippen LogP contribution in [0.4, 0.5) is 0 Å². The molecule has 0 saturated heterocycles. The molecule has 0 atom stereocenters. The van der Waals surface area contributed by atoms with Gasteiger partial charge in [0, 0.05) is 16.8 Å². The summed E-state index contributed by atoms with van der Waals surface area (Å²) in [5.74, 6) is 0. The van der Waals surface area contributed by atoms with E-state index in [1.54, 1.807) is 6.20 Å². The van der Waals surface area contributed by atoms with Crippen LogP contribution in [0.15, 0.2) is 17.2 Å². The van der Waals surface area contributed by atoms with E-state index in [4.69, 9.17) is 0 Å². The minimum absolute atomic E-state index is 0.994. The zero-order valence-corrected chi connectivity index (χ0v) is 9.15. The van der Waals surface area contributed by atoms with Crippen molar-refractivity contribution in [1.82, 2.24) is 4.98 Å². The Hall–Kier alpha value is -0.500. The molecule has 1 aromatic rings. The number of aromatic nitrogens is 1. The van der Waals surface area contributed by atoms with Crippen molar-refractivity contribution in [3.63, 3.8) is 0 Å². The van der Waals surface area contributed by atoms with E-state index in [0.29, 0.717) is 0 Å². The van der Waals surface area contributed by atoms with E-state index < -0.39 is 0 Å². The van der Waals surface area contributed by atoms with Gasteiger partial charge in [-0.3, -0.25) is 4.98 Å². The van der Waals surface area contributed by atoms with Crippen molar-refractivity contribution in [2.75, 3.05) is 0 Å². The quantitative estimate of drug-likeness (QED) is 0.659. The van der Waals surface area contributed by atoms with E-state index in [0.717, 1.165) is 17.0 Å². The van der Waals surface area contributed by atoms with Crippen LogP contribution in [0, 0.1) is 6.92 Å². The van der Waals surface area contributed by atoms with E-state index in [-0.39, 0.29) is 0 Å². The second kappa shape index (κ2) is 6.06. The minimum atomic E-state index is 0.994. The summed E-state index contributed by atoms with van der Waals surface area (Å²) in [6.45, 7) is 8.11. The Labute approximate surface area is 80.6 Å². The van der Waals surface area contributed by atoms with E-state index in [2.05, 4.69) is 30.6 Å². The Bertz CT molecular complexity index is 233. The molecule has 0 bridgehead atoms. The lowest BCUT2D eigenvalue weighted by Gasteiger charge is -2.00. The summed E-state index contributed by atoms with van der Waals surface area (Å²) in [5.41, 5.74) is 2.34. The van der Waals surface area contributed by atoms with Gasteiger partial charge in [-0.2, -0.15) is 0 Å². The lowest BCUT2D eigenvalue weighted by atomic mass is 10.2. The number of pyridine rings is 1. The summed E-state index contributed by atoms with van der Waals surface area (Å²) in [5, 5.41) is 0. The van der Waals surface area contributed by atoms with Gasteiger partial charge in [0.2, 0.25) is 0 Å². The van der Waals surface area contributed by atoms with Crippen molar-refractivity contribution in [2.45, 2.75) is 39.0 Å². The highest BCUT2D eigenvalue weighted by atomic mass is 32.1. The predicted octanol–water partition coefficient (Wildman–Crippen LogP) is 3.27. The van der Waals surface area contributed by atoms with Crippen LogP contribution in [0.3, 0.4) is 0 Å². The van der Waals surface area contributed by atoms with Crippen molar-refractivity contribution < 1.29 is 0 Å². The number of aryl methyl sites for hydroxylation is 2. The molecule has 0 aromatic carbocycles. The Morgan fingerprint density at radius 3 is 2.42 bits per heavy atom. The molecule has 0 aliphatic rings. The SMILES string of the molecule is CC.CCc1cc(C)ncc1S. The predicted molar refractivity (Wildman–Crippen MR) is 57.0 cm³/mol. The van der Waals surface area contributed by atoms with Gasteiger partial charge in [-0.25, -0.2) is 0 Å². The number of hydrogen-bond donors (Lipinski definition) is 1. The Kier molecular flexibility index (Phi) is 5.81. The third-order valence-corrected chi connectivity index (χ3v) is 1.89. The highest BCUT2D eigenvalue weighted by molar-refractivity contribution is 7.80. The molecule has 2 heteroatoms. The van der Waals surface area contributed by atoms with Gasteiger partial charge in [-0.05, 0) is 25.0 Å². The lowest BCUT2D eigenvalue weighted by Crippen LogP contribution is -1.87. The fourth-order valence-electron chi connectivity index (χ4n) is 0.892. The van der Waals surface area contributed by atoms with Gasteiger partial charge < -0.3 is 0 Å². The van der Waals surface area contributed by atoms with Crippen LogP contribution in [-0.2, 0) is 6.42 Å². The van der Waals surface area contributed by atoms with Crippen LogP contribution in [-0.4, -0.2) is 4.98 Å². The molecule has 0 amide bonds. The Morgan fingerprint density at radius 2 is 2.00 bits per heavy atom. The number of rotatable bonds is 1. The van der Waals surface area contributed by atoms with Gasteiger partial charge in [-0.1, -0.05) is 20.8 Å². The van der Waals surface area contributed by atoms with E-state index in [9.17, 15) is 0 Å². The Morgan fingerprint density at radius 1 is 1.42 bits per heavy atom. The highest BCUT2D eigenvalue weighted by Crippen LogP contribution is 2.13. The van der Waals surface area contributed by atoms with Crippen LogP contribution in [0.5, 0.6) is 0 Å². The molecular weight excluding hydrogens is 166 g/mol. The molecule has 1 rings (SSSR count). The Balaban J connectivity index is 0.000000561. The van der Waals surface area contributed by atoms with Gasteiger partial charge in [0.25, 0.3) is 0 Å². The maximum absolute atomic E-state index is 4.26. The smallest absolute Gasteiger partial charge is 0.0407 e. The van der Waals surface area contributed by atoms with Gasteiger partial charge in [0.05, 0.1) is 0 Å². The van der Waals surface area contributed by atoms with Gasteiger partial charge in [0.1, 0.15) is 0 Å². The standard InChI is InChI=1S/C8H11NS.C2H6/c1-3-7-4-6(2)9-5-8(7)10;1-2/h4-5,10H,3H2,1-2H3;1-2H3. The summed E-state index contributed by atoms with van der Waals surface area (Å²) in [7, 11) is 0. The molecule has 1 aromatic heterocycles. The van der Waals surface area contributed by atoms with Gasteiger partial charge in [0.15, 0.2) is 0 Å². The minimum Gasteiger partial charge on any atom is -0.260 e. The number of hydrogen-bond acceptors (Lipinski definition) is 2. The molecular formula is C10H17NS. The van der Waals surface area contributed by atoms with E-state index >= 15 is 0 Å². The average molecular weight is 183 g/mol. The normalized spacial score (nSPS) is 8.75. The largest absolute Gasteiger partial charge is 0.260 e. The topological polar surface area (TPSA) is 12.9 Å². The van der Waals surface area contributed by atoms with Crippen molar-refractivity contribution in [3.8, 4) is 0 Å². The zero-order valence-electron chi connectivity index (χ0n) is 8.26. The summed E-state index contributed by atoms with van der Waals surface area (Å²) in [6.07, 6.45) is 2.83. The molecule has 0 aliphatic heterocycles. The summed E-state index contributed by atoms with van der Waals surface area (Å²) < 4.78 is 0. The first-order valence-electron chi connectivity index (χ1n) is 4.38. The van der Waals surface area contributed by atoms with Gasteiger partial charge >= 0.3 is 0 Å². The van der Waals surface area contributed by atoms with Crippen LogP contribution < -0.4 is 0 Å². The fraction of sp³-hybridized carbons (Fsp3) is 0.500. The lowest BCUT2D eigenvalue weighted by molar-refractivity contribution is 1.03. The summed E-state index contributed by atoms with van der Waals surface area (Å²) in [4.78, 5) is 5.10. The maximum Gasteiger partial charge on any atom is 0.0407 e. The first-order chi connectivity index (χ1) is 5.74. The van der Waals surface area contributed by atoms with E-state index in [1.165, 1.54) is 5.56 Å². The number of nitrogens with zero attached hydrogens (tertiary/aromatic N) is 1. The molecule has 12 heavy (non-hydrogen) atoms.